The van der Waals surface area contributed by atoms with Gasteiger partial charge >= 0.3 is 0 Å². The Bertz CT molecular complexity index is 864. The van der Waals surface area contributed by atoms with Crippen molar-refractivity contribution >= 4 is 22.5 Å². The fourth-order valence-corrected chi connectivity index (χ4v) is 2.43. The molecule has 2 aromatic carbocycles. The Morgan fingerprint density at radius 2 is 2.00 bits per heavy atom. The zero-order chi connectivity index (χ0) is 14.3. The largest absolute Gasteiger partial charge is 0.428 e. The van der Waals surface area contributed by atoms with E-state index in [0.717, 1.165) is 4.73 Å². The van der Waals surface area contributed by atoms with E-state index in [1.54, 1.807) is 24.3 Å². The zero-order valence-electron chi connectivity index (χ0n) is 10.1. The highest BCUT2D eigenvalue weighted by Crippen LogP contribution is 2.33. The minimum Gasteiger partial charge on any atom is -0.428 e. The van der Waals surface area contributed by atoms with Crippen LogP contribution in [0.2, 0.25) is 5.02 Å². The number of benzene rings is 2. The van der Waals surface area contributed by atoms with E-state index < -0.39 is 5.82 Å². The van der Waals surface area contributed by atoms with Crippen LogP contribution in [-0.2, 0) is 0 Å². The molecule has 0 spiro atoms. The lowest BCUT2D eigenvalue weighted by molar-refractivity contribution is 0.204. The molecule has 0 unspecified atom stereocenters. The first-order valence-corrected chi connectivity index (χ1v) is 6.19. The second-order valence-corrected chi connectivity index (χ2v) is 4.76. The Hall–Kier alpha value is -2.51. The third-order valence-electron chi connectivity index (χ3n) is 3.11. The van der Waals surface area contributed by atoms with Crippen molar-refractivity contribution < 1.29 is 9.60 Å². The summed E-state index contributed by atoms with van der Waals surface area (Å²) in [7, 11) is 0. The van der Waals surface area contributed by atoms with Crippen LogP contribution in [0.15, 0.2) is 42.5 Å². The van der Waals surface area contributed by atoms with Gasteiger partial charge in [0.1, 0.15) is 17.6 Å². The van der Waals surface area contributed by atoms with Crippen molar-refractivity contribution in [1.82, 2.24) is 4.73 Å². The van der Waals surface area contributed by atoms with Gasteiger partial charge in [-0.05, 0) is 30.3 Å². The summed E-state index contributed by atoms with van der Waals surface area (Å²) in [5, 5.41) is 20.6. The summed E-state index contributed by atoms with van der Waals surface area (Å²) >= 11 is 5.92. The third kappa shape index (κ3) is 1.80. The molecule has 3 rings (SSSR count). The SMILES string of the molecule is N#Cc1c(-c2cccc(F)c2)n(O)c2ccc(Cl)cc12. The van der Waals surface area contributed by atoms with Gasteiger partial charge in [0.2, 0.25) is 0 Å². The van der Waals surface area contributed by atoms with Gasteiger partial charge in [0.15, 0.2) is 0 Å². The molecule has 0 bridgehead atoms. The van der Waals surface area contributed by atoms with E-state index in [1.807, 2.05) is 6.07 Å². The molecule has 0 aliphatic rings. The van der Waals surface area contributed by atoms with E-state index in [-0.39, 0.29) is 11.3 Å². The van der Waals surface area contributed by atoms with Crippen molar-refractivity contribution in [2.24, 2.45) is 0 Å². The number of hydrogen-bond acceptors (Lipinski definition) is 2. The summed E-state index contributed by atoms with van der Waals surface area (Å²) in [5.74, 6) is -0.435. The summed E-state index contributed by atoms with van der Waals surface area (Å²) in [5.41, 5.74) is 1.39. The van der Waals surface area contributed by atoms with Crippen LogP contribution < -0.4 is 0 Å². The lowest BCUT2D eigenvalue weighted by atomic mass is 10.1. The minimum atomic E-state index is -0.435. The van der Waals surface area contributed by atoms with Gasteiger partial charge in [0.25, 0.3) is 0 Å². The number of nitrogens with zero attached hydrogens (tertiary/aromatic N) is 2. The molecule has 1 heterocycles. The lowest BCUT2D eigenvalue weighted by Crippen LogP contribution is -1.94. The third-order valence-corrected chi connectivity index (χ3v) is 3.35. The molecule has 5 heteroatoms. The second-order valence-electron chi connectivity index (χ2n) is 4.32. The number of fused-ring (bicyclic) bond motifs is 1. The first-order valence-electron chi connectivity index (χ1n) is 5.81. The normalized spacial score (nSPS) is 10.7. The smallest absolute Gasteiger partial charge is 0.123 e. The van der Waals surface area contributed by atoms with E-state index >= 15 is 0 Å². The van der Waals surface area contributed by atoms with Crippen LogP contribution in [-0.4, -0.2) is 9.94 Å². The molecular formula is C15H8ClFN2O. The summed E-state index contributed by atoms with van der Waals surface area (Å²) in [4.78, 5) is 0. The fourth-order valence-electron chi connectivity index (χ4n) is 2.26. The maximum Gasteiger partial charge on any atom is 0.123 e. The summed E-state index contributed by atoms with van der Waals surface area (Å²) < 4.78 is 14.2. The van der Waals surface area contributed by atoms with Crippen LogP contribution in [0.25, 0.3) is 22.2 Å². The molecule has 3 aromatic rings. The van der Waals surface area contributed by atoms with Crippen LogP contribution in [0.4, 0.5) is 4.39 Å². The molecule has 0 aliphatic heterocycles. The highest BCUT2D eigenvalue weighted by molar-refractivity contribution is 6.31. The van der Waals surface area contributed by atoms with Crippen molar-refractivity contribution in [1.29, 1.82) is 5.26 Å². The summed E-state index contributed by atoms with van der Waals surface area (Å²) in [6.07, 6.45) is 0. The number of halogens is 2. The van der Waals surface area contributed by atoms with Gasteiger partial charge < -0.3 is 5.21 Å². The van der Waals surface area contributed by atoms with Crippen molar-refractivity contribution in [3.8, 4) is 17.3 Å². The quantitative estimate of drug-likeness (QED) is 0.681. The fraction of sp³-hybridized carbons (Fsp3) is 0. The van der Waals surface area contributed by atoms with E-state index in [0.29, 0.717) is 21.5 Å². The van der Waals surface area contributed by atoms with Gasteiger partial charge in [-0.15, -0.1) is 0 Å². The van der Waals surface area contributed by atoms with Crippen molar-refractivity contribution in [2.75, 3.05) is 0 Å². The van der Waals surface area contributed by atoms with Gasteiger partial charge in [0.05, 0.1) is 11.1 Å². The van der Waals surface area contributed by atoms with Crippen LogP contribution >= 0.6 is 11.6 Å². The Kier molecular flexibility index (Phi) is 2.85. The molecule has 1 aromatic heterocycles. The summed E-state index contributed by atoms with van der Waals surface area (Å²) in [6, 6.07) is 12.6. The van der Waals surface area contributed by atoms with Crippen molar-refractivity contribution in [2.45, 2.75) is 0 Å². The van der Waals surface area contributed by atoms with Gasteiger partial charge in [-0.2, -0.15) is 9.99 Å². The van der Waals surface area contributed by atoms with Gasteiger partial charge in [-0.25, -0.2) is 4.39 Å². The number of hydrogen-bond donors (Lipinski definition) is 1. The number of rotatable bonds is 1. The molecule has 0 fully saturated rings. The van der Waals surface area contributed by atoms with Crippen LogP contribution in [0.5, 0.6) is 0 Å². The van der Waals surface area contributed by atoms with Gasteiger partial charge in [-0.1, -0.05) is 23.7 Å². The van der Waals surface area contributed by atoms with Gasteiger partial charge in [0, 0.05) is 16.0 Å². The van der Waals surface area contributed by atoms with E-state index in [2.05, 4.69) is 0 Å². The number of nitriles is 1. The van der Waals surface area contributed by atoms with E-state index in [1.165, 1.54) is 18.2 Å². The molecule has 98 valence electrons. The Morgan fingerprint density at radius 1 is 1.20 bits per heavy atom. The first-order chi connectivity index (χ1) is 9.61. The van der Waals surface area contributed by atoms with Crippen molar-refractivity contribution in [3.63, 3.8) is 0 Å². The molecule has 3 nitrogen and oxygen atoms in total. The molecule has 0 aliphatic carbocycles. The molecule has 0 amide bonds. The molecule has 0 saturated carbocycles. The highest BCUT2D eigenvalue weighted by Gasteiger charge is 2.19. The standard InChI is InChI=1S/C15H8ClFN2O/c16-10-4-5-14-12(7-10)13(8-18)15(19(14)20)9-2-1-3-11(17)6-9/h1-7,20H. The molecular weight excluding hydrogens is 279 g/mol. The van der Waals surface area contributed by atoms with Crippen molar-refractivity contribution in [3.05, 3.63) is 58.9 Å². The molecule has 0 radical (unpaired) electrons. The Labute approximate surface area is 119 Å². The summed E-state index contributed by atoms with van der Waals surface area (Å²) in [6.45, 7) is 0. The van der Waals surface area contributed by atoms with Crippen LogP contribution in [0.1, 0.15) is 5.56 Å². The highest BCUT2D eigenvalue weighted by atomic mass is 35.5. The molecule has 20 heavy (non-hydrogen) atoms. The monoisotopic (exact) mass is 286 g/mol. The topological polar surface area (TPSA) is 49.0 Å². The maximum atomic E-state index is 13.3. The average molecular weight is 287 g/mol. The molecule has 0 saturated heterocycles. The lowest BCUT2D eigenvalue weighted by Gasteiger charge is -2.03. The Balaban J connectivity index is 2.42. The van der Waals surface area contributed by atoms with E-state index in [4.69, 9.17) is 11.6 Å². The van der Waals surface area contributed by atoms with E-state index in [9.17, 15) is 14.9 Å². The molecule has 0 atom stereocenters. The predicted molar refractivity (Wildman–Crippen MR) is 74.2 cm³/mol. The van der Waals surface area contributed by atoms with Gasteiger partial charge in [-0.3, -0.25) is 0 Å². The maximum absolute atomic E-state index is 13.3. The first kappa shape index (κ1) is 12.5. The second kappa shape index (κ2) is 4.55. The average Bonchev–Trinajstić information content (AvgIpc) is 2.70. The Morgan fingerprint density at radius 3 is 2.70 bits per heavy atom. The molecule has 1 N–H and O–H groups in total. The predicted octanol–water partition coefficient (Wildman–Crippen LogP) is 4.21. The minimum absolute atomic E-state index is 0.254. The van der Waals surface area contributed by atoms with Crippen LogP contribution in [0, 0.1) is 17.1 Å². The van der Waals surface area contributed by atoms with Crippen LogP contribution in [0.3, 0.4) is 0 Å². The zero-order valence-corrected chi connectivity index (χ0v) is 10.9. The number of aromatic nitrogens is 1.